The SMILES string of the molecule is COCl.OCCOCCOCCO. The highest BCUT2D eigenvalue weighted by Crippen LogP contribution is 1.76. The number of hydrogen-bond acceptors (Lipinski definition) is 5. The Morgan fingerprint density at radius 1 is 0.923 bits per heavy atom. The molecule has 5 nitrogen and oxygen atoms in total. The summed E-state index contributed by atoms with van der Waals surface area (Å²) in [7, 11) is 1.39. The minimum Gasteiger partial charge on any atom is -0.394 e. The first-order valence-electron chi connectivity index (χ1n) is 3.85. The summed E-state index contributed by atoms with van der Waals surface area (Å²) >= 11 is 4.50. The van der Waals surface area contributed by atoms with Crippen molar-refractivity contribution in [3.8, 4) is 0 Å². The zero-order valence-corrected chi connectivity index (χ0v) is 8.50. The fourth-order valence-corrected chi connectivity index (χ4v) is 0.451. The van der Waals surface area contributed by atoms with E-state index in [-0.39, 0.29) is 13.2 Å². The van der Waals surface area contributed by atoms with Gasteiger partial charge >= 0.3 is 0 Å². The molecule has 0 aromatic carbocycles. The van der Waals surface area contributed by atoms with Crippen LogP contribution in [-0.2, 0) is 13.8 Å². The van der Waals surface area contributed by atoms with Crippen LogP contribution >= 0.6 is 11.9 Å². The molecule has 0 saturated heterocycles. The third-order valence-corrected chi connectivity index (χ3v) is 0.843. The molecule has 82 valence electrons. The van der Waals surface area contributed by atoms with Gasteiger partial charge in [-0.25, -0.2) is 0 Å². The zero-order chi connectivity index (χ0) is 10.4. The second-order valence-corrected chi connectivity index (χ2v) is 2.13. The maximum absolute atomic E-state index is 8.26. The van der Waals surface area contributed by atoms with Gasteiger partial charge in [-0.1, -0.05) is 0 Å². The summed E-state index contributed by atoms with van der Waals surface area (Å²) < 4.78 is 13.5. The molecule has 0 fully saturated rings. The highest BCUT2D eigenvalue weighted by atomic mass is 35.5. The van der Waals surface area contributed by atoms with Crippen LogP contribution in [0.2, 0.25) is 0 Å². The summed E-state index contributed by atoms with van der Waals surface area (Å²) in [5.41, 5.74) is 0. The average molecular weight is 217 g/mol. The molecule has 13 heavy (non-hydrogen) atoms. The molecule has 0 saturated carbocycles. The van der Waals surface area contributed by atoms with Gasteiger partial charge in [0.05, 0.1) is 58.6 Å². The van der Waals surface area contributed by atoms with E-state index in [9.17, 15) is 0 Å². The van der Waals surface area contributed by atoms with E-state index in [4.69, 9.17) is 19.7 Å². The predicted molar refractivity (Wildman–Crippen MR) is 48.7 cm³/mol. The molecular formula is C7H17ClO5. The van der Waals surface area contributed by atoms with Crippen molar-refractivity contribution in [2.24, 2.45) is 0 Å². The van der Waals surface area contributed by atoms with E-state index in [2.05, 4.69) is 16.2 Å². The first-order chi connectivity index (χ1) is 6.33. The van der Waals surface area contributed by atoms with Crippen molar-refractivity contribution in [1.29, 1.82) is 0 Å². The van der Waals surface area contributed by atoms with Gasteiger partial charge in [-0.15, -0.1) is 0 Å². The normalized spacial score (nSPS) is 9.23. The lowest BCUT2D eigenvalue weighted by Crippen LogP contribution is -2.09. The summed E-state index contributed by atoms with van der Waals surface area (Å²) in [6.45, 7) is 1.73. The molecule has 0 aliphatic rings. The van der Waals surface area contributed by atoms with Crippen LogP contribution in [0.25, 0.3) is 0 Å². The van der Waals surface area contributed by atoms with E-state index >= 15 is 0 Å². The minimum atomic E-state index is 0.0417. The van der Waals surface area contributed by atoms with E-state index in [1.54, 1.807) is 0 Å². The first kappa shape index (κ1) is 15.6. The van der Waals surface area contributed by atoms with Crippen LogP contribution in [0.1, 0.15) is 0 Å². The molecule has 0 radical (unpaired) electrons. The van der Waals surface area contributed by atoms with Crippen LogP contribution in [-0.4, -0.2) is 57.0 Å². The lowest BCUT2D eigenvalue weighted by molar-refractivity contribution is 0.0222. The monoisotopic (exact) mass is 216 g/mol. The van der Waals surface area contributed by atoms with Gasteiger partial charge in [0.25, 0.3) is 0 Å². The van der Waals surface area contributed by atoms with Crippen LogP contribution in [0.5, 0.6) is 0 Å². The Hall–Kier alpha value is 0.0900. The number of aliphatic hydroxyl groups is 2. The van der Waals surface area contributed by atoms with E-state index < -0.39 is 0 Å². The van der Waals surface area contributed by atoms with Crippen LogP contribution in [0.15, 0.2) is 0 Å². The van der Waals surface area contributed by atoms with Crippen molar-refractivity contribution < 1.29 is 24.0 Å². The second kappa shape index (κ2) is 18.0. The largest absolute Gasteiger partial charge is 0.394 e. The molecule has 0 aromatic rings. The molecule has 0 bridgehead atoms. The van der Waals surface area contributed by atoms with Crippen LogP contribution in [0, 0.1) is 0 Å². The van der Waals surface area contributed by atoms with Gasteiger partial charge in [0, 0.05) is 0 Å². The molecule has 0 unspecified atom stereocenters. The summed E-state index contributed by atoms with van der Waals surface area (Å²) in [4.78, 5) is 0. The molecule has 0 aliphatic carbocycles. The third kappa shape index (κ3) is 24.5. The molecular weight excluding hydrogens is 200 g/mol. The van der Waals surface area contributed by atoms with Crippen molar-refractivity contribution in [2.45, 2.75) is 0 Å². The molecule has 0 rings (SSSR count). The van der Waals surface area contributed by atoms with Gasteiger partial charge in [0.15, 0.2) is 0 Å². The smallest absolute Gasteiger partial charge is 0.0701 e. The molecule has 0 heterocycles. The van der Waals surface area contributed by atoms with Crippen molar-refractivity contribution in [1.82, 2.24) is 0 Å². The van der Waals surface area contributed by atoms with E-state index in [1.165, 1.54) is 7.11 Å². The third-order valence-electron chi connectivity index (χ3n) is 0.843. The molecule has 2 N–H and O–H groups in total. The lowest BCUT2D eigenvalue weighted by Gasteiger charge is -2.01. The minimum absolute atomic E-state index is 0.0417. The molecule has 0 aliphatic heterocycles. The van der Waals surface area contributed by atoms with Gasteiger partial charge in [-0.2, -0.15) is 0 Å². The van der Waals surface area contributed by atoms with Crippen LogP contribution < -0.4 is 0 Å². The summed E-state index contributed by atoms with van der Waals surface area (Å²) in [5.74, 6) is 0. The van der Waals surface area contributed by atoms with E-state index in [0.29, 0.717) is 26.4 Å². The van der Waals surface area contributed by atoms with Crippen LogP contribution in [0.3, 0.4) is 0 Å². The Kier molecular flexibility index (Phi) is 21.5. The number of hydrogen-bond donors (Lipinski definition) is 2. The molecule has 0 atom stereocenters. The molecule has 0 aromatic heterocycles. The van der Waals surface area contributed by atoms with Gasteiger partial charge in [-0.3, -0.25) is 4.29 Å². The molecule has 0 amide bonds. The van der Waals surface area contributed by atoms with Crippen molar-refractivity contribution in [2.75, 3.05) is 46.8 Å². The van der Waals surface area contributed by atoms with Gasteiger partial charge in [-0.05, 0) is 0 Å². The van der Waals surface area contributed by atoms with Crippen LogP contribution in [0.4, 0.5) is 0 Å². The van der Waals surface area contributed by atoms with Crippen molar-refractivity contribution >= 4 is 11.9 Å². The molecule has 6 heteroatoms. The average Bonchev–Trinajstić information content (AvgIpc) is 2.13. The van der Waals surface area contributed by atoms with Crippen molar-refractivity contribution in [3.63, 3.8) is 0 Å². The first-order valence-corrected chi connectivity index (χ1v) is 4.16. The fraction of sp³-hybridized carbons (Fsp3) is 1.00. The zero-order valence-electron chi connectivity index (χ0n) is 7.74. The topological polar surface area (TPSA) is 68.2 Å². The Labute approximate surface area is 83.3 Å². The van der Waals surface area contributed by atoms with Gasteiger partial charge in [0.2, 0.25) is 0 Å². The summed E-state index contributed by atoms with van der Waals surface area (Å²) in [5, 5.41) is 16.5. The predicted octanol–water partition coefficient (Wildman–Crippen LogP) is -0.209. The highest BCUT2D eigenvalue weighted by Gasteiger charge is 1.86. The highest BCUT2D eigenvalue weighted by molar-refractivity contribution is 6.07. The molecule has 0 spiro atoms. The fourth-order valence-electron chi connectivity index (χ4n) is 0.451. The van der Waals surface area contributed by atoms with E-state index in [0.717, 1.165) is 0 Å². The van der Waals surface area contributed by atoms with E-state index in [1.807, 2.05) is 0 Å². The quantitative estimate of drug-likeness (QED) is 0.577. The summed E-state index contributed by atoms with van der Waals surface area (Å²) in [6.07, 6.45) is 0. The van der Waals surface area contributed by atoms with Gasteiger partial charge in [0.1, 0.15) is 0 Å². The maximum Gasteiger partial charge on any atom is 0.0701 e. The Morgan fingerprint density at radius 2 is 1.23 bits per heavy atom. The standard InChI is InChI=1S/C6H14O4.CH3ClO/c7-1-3-9-5-6-10-4-2-8;1-3-2/h7-8H,1-6H2;1H3. The Bertz CT molecular complexity index is 65.9. The maximum atomic E-state index is 8.26. The van der Waals surface area contributed by atoms with Gasteiger partial charge < -0.3 is 19.7 Å². The second-order valence-electron chi connectivity index (χ2n) is 1.83. The number of ether oxygens (including phenoxy) is 2. The number of rotatable bonds is 7. The number of aliphatic hydroxyl groups excluding tert-OH is 2. The Morgan fingerprint density at radius 3 is 1.46 bits per heavy atom. The summed E-state index contributed by atoms with van der Waals surface area (Å²) in [6, 6.07) is 0. The Balaban J connectivity index is 0. The lowest BCUT2D eigenvalue weighted by atomic mass is 10.7. The van der Waals surface area contributed by atoms with Crippen molar-refractivity contribution in [3.05, 3.63) is 0 Å². The number of halogens is 1.